The number of H-pyrrole nitrogens is 1. The fourth-order valence-electron chi connectivity index (χ4n) is 3.61. The lowest BCUT2D eigenvalue weighted by Gasteiger charge is -2.28. The van der Waals surface area contributed by atoms with Crippen molar-refractivity contribution < 1.29 is 13.8 Å². The zero-order valence-corrected chi connectivity index (χ0v) is 17.3. The van der Waals surface area contributed by atoms with Crippen LogP contribution in [0.4, 0.5) is 0 Å². The molecule has 0 radical (unpaired) electrons. The van der Waals surface area contributed by atoms with Gasteiger partial charge in [0.15, 0.2) is 0 Å². The Morgan fingerprint density at radius 3 is 2.81 bits per heavy atom. The van der Waals surface area contributed by atoms with Crippen LogP contribution in [0.2, 0.25) is 0 Å². The summed E-state index contributed by atoms with van der Waals surface area (Å²) < 4.78 is 17.6. The average molecular weight is 392 g/mol. The van der Waals surface area contributed by atoms with Gasteiger partial charge in [-0.25, -0.2) is 4.98 Å². The van der Waals surface area contributed by atoms with Crippen molar-refractivity contribution in [2.45, 2.75) is 52.2 Å². The molecule has 1 saturated heterocycles. The summed E-state index contributed by atoms with van der Waals surface area (Å²) in [7, 11) is 1.09. The second-order valence-electron chi connectivity index (χ2n) is 7.48. The molecule has 0 amide bonds. The summed E-state index contributed by atoms with van der Waals surface area (Å²) in [6.07, 6.45) is 6.51. The summed E-state index contributed by atoms with van der Waals surface area (Å²) in [5.74, 6) is 1.92. The molecule has 6 nitrogen and oxygen atoms in total. The summed E-state index contributed by atoms with van der Waals surface area (Å²) in [5, 5.41) is 5.26. The van der Waals surface area contributed by atoms with Crippen LogP contribution in [0.3, 0.4) is 0 Å². The quantitative estimate of drug-likeness (QED) is 0.576. The number of ether oxygens (including phenoxy) is 1. The SMILES string of the molecule is COC(c1c[nH]c2ncc(C/C(C)=N\OC(C)C)cc12)C1CCS(=O)CC1. The molecular weight excluding hydrogens is 362 g/mol. The van der Waals surface area contributed by atoms with Gasteiger partial charge in [-0.1, -0.05) is 5.16 Å². The Morgan fingerprint density at radius 2 is 2.15 bits per heavy atom. The molecule has 1 N–H and O–H groups in total. The maximum Gasteiger partial charge on any atom is 0.137 e. The van der Waals surface area contributed by atoms with Crippen molar-refractivity contribution in [2.75, 3.05) is 18.6 Å². The lowest BCUT2D eigenvalue weighted by atomic mass is 9.90. The van der Waals surface area contributed by atoms with Gasteiger partial charge in [0.05, 0.1) is 11.8 Å². The molecule has 1 unspecified atom stereocenters. The summed E-state index contributed by atoms with van der Waals surface area (Å²) in [4.78, 5) is 13.2. The van der Waals surface area contributed by atoms with Gasteiger partial charge in [-0.05, 0) is 51.2 Å². The minimum absolute atomic E-state index is 0.00728. The number of oxime groups is 1. The van der Waals surface area contributed by atoms with Crippen LogP contribution in [0.1, 0.15) is 50.8 Å². The van der Waals surface area contributed by atoms with E-state index in [1.54, 1.807) is 7.11 Å². The van der Waals surface area contributed by atoms with Gasteiger partial charge < -0.3 is 14.6 Å². The molecule has 0 aromatic carbocycles. The van der Waals surface area contributed by atoms with Gasteiger partial charge in [-0.15, -0.1) is 0 Å². The summed E-state index contributed by atoms with van der Waals surface area (Å²) in [5.41, 5.74) is 4.01. The van der Waals surface area contributed by atoms with E-state index in [-0.39, 0.29) is 12.2 Å². The molecule has 1 atom stereocenters. The number of fused-ring (bicyclic) bond motifs is 1. The third kappa shape index (κ3) is 4.96. The smallest absolute Gasteiger partial charge is 0.137 e. The van der Waals surface area contributed by atoms with Crippen LogP contribution in [0.15, 0.2) is 23.6 Å². The molecule has 27 heavy (non-hydrogen) atoms. The molecule has 3 rings (SSSR count). The molecule has 0 spiro atoms. The van der Waals surface area contributed by atoms with E-state index < -0.39 is 10.8 Å². The van der Waals surface area contributed by atoms with Crippen LogP contribution in [-0.4, -0.2) is 44.6 Å². The second kappa shape index (κ2) is 8.97. The number of methoxy groups -OCH3 is 1. The molecule has 7 heteroatoms. The number of nitrogens with one attached hydrogen (secondary N) is 1. The lowest BCUT2D eigenvalue weighted by molar-refractivity contribution is 0.0484. The second-order valence-corrected chi connectivity index (χ2v) is 9.18. The number of pyridine rings is 1. The Labute approximate surface area is 163 Å². The molecule has 3 heterocycles. The standard InChI is InChI=1S/C20H29N3O3S/c1-13(2)26-23-14(3)9-15-10-17-18(12-22-20(17)21-11-15)19(25-4)16-5-7-27(24)8-6-16/h10-13,16,19H,5-9H2,1-4H3,(H,21,22)/b23-14-. The molecule has 2 aromatic rings. The lowest BCUT2D eigenvalue weighted by Crippen LogP contribution is -2.24. The highest BCUT2D eigenvalue weighted by Crippen LogP contribution is 2.36. The predicted molar refractivity (Wildman–Crippen MR) is 109 cm³/mol. The molecule has 0 saturated carbocycles. The van der Waals surface area contributed by atoms with Crippen LogP contribution in [-0.2, 0) is 26.8 Å². The van der Waals surface area contributed by atoms with Crippen molar-refractivity contribution in [1.29, 1.82) is 0 Å². The summed E-state index contributed by atoms with van der Waals surface area (Å²) in [6.45, 7) is 5.88. The Morgan fingerprint density at radius 1 is 1.41 bits per heavy atom. The van der Waals surface area contributed by atoms with E-state index in [2.05, 4.69) is 21.2 Å². The normalized spacial score (nSPS) is 22.3. The van der Waals surface area contributed by atoms with Crippen molar-refractivity contribution in [3.8, 4) is 0 Å². The predicted octanol–water partition coefficient (Wildman–Crippen LogP) is 3.75. The molecule has 1 aliphatic heterocycles. The Kier molecular flexibility index (Phi) is 6.65. The largest absolute Gasteiger partial charge is 0.393 e. The molecule has 148 valence electrons. The van der Waals surface area contributed by atoms with Gasteiger partial charge >= 0.3 is 0 Å². The first kappa shape index (κ1) is 20.0. The van der Waals surface area contributed by atoms with E-state index in [0.29, 0.717) is 12.3 Å². The van der Waals surface area contributed by atoms with Crippen LogP contribution in [0, 0.1) is 5.92 Å². The minimum Gasteiger partial charge on any atom is -0.393 e. The fraction of sp³-hybridized carbons (Fsp3) is 0.600. The average Bonchev–Trinajstić information content (AvgIpc) is 3.05. The van der Waals surface area contributed by atoms with Crippen molar-refractivity contribution in [3.05, 3.63) is 29.6 Å². The number of nitrogens with zero attached hydrogens (tertiary/aromatic N) is 2. The zero-order chi connectivity index (χ0) is 19.4. The van der Waals surface area contributed by atoms with Crippen molar-refractivity contribution >= 4 is 27.5 Å². The number of rotatable bonds is 7. The van der Waals surface area contributed by atoms with E-state index in [9.17, 15) is 4.21 Å². The van der Waals surface area contributed by atoms with E-state index in [1.807, 2.05) is 33.2 Å². The summed E-state index contributed by atoms with van der Waals surface area (Å²) in [6, 6.07) is 2.16. The zero-order valence-electron chi connectivity index (χ0n) is 16.5. The van der Waals surface area contributed by atoms with Gasteiger partial charge in [0.1, 0.15) is 11.8 Å². The van der Waals surface area contributed by atoms with Crippen LogP contribution < -0.4 is 0 Å². The monoisotopic (exact) mass is 391 g/mol. The Bertz CT molecular complexity index is 821. The molecule has 1 fully saturated rings. The number of hydrogen-bond acceptors (Lipinski definition) is 5. The van der Waals surface area contributed by atoms with E-state index in [0.717, 1.165) is 52.2 Å². The first-order valence-corrected chi connectivity index (χ1v) is 11.0. The van der Waals surface area contributed by atoms with Gasteiger partial charge in [0, 0.05) is 59.2 Å². The fourth-order valence-corrected chi connectivity index (χ4v) is 4.95. The minimum atomic E-state index is -0.670. The van der Waals surface area contributed by atoms with Crippen molar-refractivity contribution in [2.24, 2.45) is 11.1 Å². The molecular formula is C20H29N3O3S. The van der Waals surface area contributed by atoms with Gasteiger partial charge in [0.2, 0.25) is 0 Å². The van der Waals surface area contributed by atoms with Crippen LogP contribution >= 0.6 is 0 Å². The highest BCUT2D eigenvalue weighted by atomic mass is 32.2. The van der Waals surface area contributed by atoms with E-state index >= 15 is 0 Å². The first-order valence-electron chi connectivity index (χ1n) is 9.51. The molecule has 2 aromatic heterocycles. The highest BCUT2D eigenvalue weighted by molar-refractivity contribution is 7.85. The number of aromatic nitrogens is 2. The molecule has 0 bridgehead atoms. The van der Waals surface area contributed by atoms with Gasteiger partial charge in [-0.2, -0.15) is 0 Å². The first-order chi connectivity index (χ1) is 13.0. The van der Waals surface area contributed by atoms with Gasteiger partial charge in [0.25, 0.3) is 0 Å². The third-order valence-electron chi connectivity index (χ3n) is 4.92. The van der Waals surface area contributed by atoms with Crippen molar-refractivity contribution in [3.63, 3.8) is 0 Å². The third-order valence-corrected chi connectivity index (χ3v) is 6.30. The number of aromatic amines is 1. The topological polar surface area (TPSA) is 76.6 Å². The maximum atomic E-state index is 11.7. The maximum absolute atomic E-state index is 11.7. The van der Waals surface area contributed by atoms with E-state index in [4.69, 9.17) is 9.57 Å². The van der Waals surface area contributed by atoms with Gasteiger partial charge in [-0.3, -0.25) is 4.21 Å². The molecule has 0 aliphatic carbocycles. The van der Waals surface area contributed by atoms with Crippen molar-refractivity contribution in [1.82, 2.24) is 9.97 Å². The highest BCUT2D eigenvalue weighted by Gasteiger charge is 2.29. The molecule has 1 aliphatic rings. The Balaban J connectivity index is 1.83. The van der Waals surface area contributed by atoms with E-state index in [1.165, 1.54) is 0 Å². The summed E-state index contributed by atoms with van der Waals surface area (Å²) >= 11 is 0. The van der Waals surface area contributed by atoms with Crippen LogP contribution in [0.25, 0.3) is 11.0 Å². The Hall–Kier alpha value is -1.73. The number of hydrogen-bond donors (Lipinski definition) is 1. The van der Waals surface area contributed by atoms with Crippen LogP contribution in [0.5, 0.6) is 0 Å².